The van der Waals surface area contributed by atoms with Crippen LogP contribution in [0.4, 0.5) is 5.82 Å². The fraction of sp³-hybridized carbons (Fsp3) is 0.350. The lowest BCUT2D eigenvalue weighted by Crippen LogP contribution is -2.45. The van der Waals surface area contributed by atoms with Gasteiger partial charge in [-0.25, -0.2) is 13.4 Å². The van der Waals surface area contributed by atoms with E-state index in [1.807, 2.05) is 0 Å². The van der Waals surface area contributed by atoms with Gasteiger partial charge in [0.2, 0.25) is 10.0 Å². The normalized spacial score (nSPS) is 14.0. The van der Waals surface area contributed by atoms with Crippen molar-refractivity contribution in [3.63, 3.8) is 0 Å². The molecule has 172 valence electrons. The van der Waals surface area contributed by atoms with Gasteiger partial charge in [-0.15, -0.1) is 0 Å². The number of carbonyl (C=O) groups is 2. The maximum Gasteiger partial charge on any atom is 0.324 e. The first-order valence-electron chi connectivity index (χ1n) is 9.66. The minimum Gasteiger partial charge on any atom is -0.486 e. The molecule has 1 atom stereocenters. The van der Waals surface area contributed by atoms with Crippen LogP contribution in [0.5, 0.6) is 11.5 Å². The van der Waals surface area contributed by atoms with Gasteiger partial charge >= 0.3 is 5.97 Å². The monoisotopic (exact) mass is 483 g/mol. The van der Waals surface area contributed by atoms with E-state index in [2.05, 4.69) is 15.0 Å². The van der Waals surface area contributed by atoms with Crippen molar-refractivity contribution in [3.05, 3.63) is 41.6 Å². The third-order valence-electron chi connectivity index (χ3n) is 4.37. The second-order valence-corrected chi connectivity index (χ2v) is 9.32. The standard InChI is InChI=1S/C20H22ClN3O7S/c1-12(2)19(20(26)31-11-18(25)23-17-6-3-13(21)10-22-17)24-32(27,28)14-4-5-15-16(9-14)30-8-7-29-15/h3-6,9-10,12,19,24H,7-8,11H2,1-2H3,(H,22,23,25)/t19-/m0/s1. The highest BCUT2D eigenvalue weighted by molar-refractivity contribution is 7.89. The summed E-state index contributed by atoms with van der Waals surface area (Å²) in [5, 5.41) is 2.85. The Bertz CT molecular complexity index is 1090. The van der Waals surface area contributed by atoms with Crippen LogP contribution in [0, 0.1) is 5.92 Å². The molecule has 1 aliphatic heterocycles. The van der Waals surface area contributed by atoms with Crippen LogP contribution in [0.1, 0.15) is 13.8 Å². The lowest BCUT2D eigenvalue weighted by atomic mass is 10.1. The summed E-state index contributed by atoms with van der Waals surface area (Å²) in [6, 6.07) is 5.98. The minimum atomic E-state index is -4.08. The molecule has 1 aliphatic rings. The lowest BCUT2D eigenvalue weighted by Gasteiger charge is -2.22. The Morgan fingerprint density at radius 3 is 2.53 bits per heavy atom. The van der Waals surface area contributed by atoms with E-state index in [9.17, 15) is 18.0 Å². The van der Waals surface area contributed by atoms with Crippen molar-refractivity contribution in [1.82, 2.24) is 9.71 Å². The highest BCUT2D eigenvalue weighted by Crippen LogP contribution is 2.32. The molecule has 0 unspecified atom stereocenters. The zero-order valence-electron chi connectivity index (χ0n) is 17.3. The zero-order chi connectivity index (χ0) is 23.3. The molecule has 1 aromatic heterocycles. The van der Waals surface area contributed by atoms with Gasteiger partial charge in [-0.3, -0.25) is 9.59 Å². The molecular weight excluding hydrogens is 462 g/mol. The van der Waals surface area contributed by atoms with E-state index in [1.165, 1.54) is 36.5 Å². The van der Waals surface area contributed by atoms with Crippen LogP contribution in [-0.2, 0) is 24.3 Å². The van der Waals surface area contributed by atoms with Crippen molar-refractivity contribution >= 4 is 39.3 Å². The van der Waals surface area contributed by atoms with Crippen LogP contribution in [0.2, 0.25) is 5.02 Å². The third kappa shape index (κ3) is 6.09. The molecule has 10 nitrogen and oxygen atoms in total. The number of esters is 1. The molecule has 2 aromatic rings. The smallest absolute Gasteiger partial charge is 0.324 e. The average Bonchev–Trinajstić information content (AvgIpc) is 2.77. The molecular formula is C20H22ClN3O7S. The molecule has 0 fully saturated rings. The summed E-state index contributed by atoms with van der Waals surface area (Å²) >= 11 is 5.73. The summed E-state index contributed by atoms with van der Waals surface area (Å²) in [7, 11) is -4.08. The Balaban J connectivity index is 1.63. The van der Waals surface area contributed by atoms with Crippen molar-refractivity contribution in [2.45, 2.75) is 24.8 Å². The van der Waals surface area contributed by atoms with Crippen molar-refractivity contribution in [2.24, 2.45) is 5.92 Å². The Morgan fingerprint density at radius 1 is 1.16 bits per heavy atom. The largest absolute Gasteiger partial charge is 0.486 e. The van der Waals surface area contributed by atoms with E-state index in [-0.39, 0.29) is 10.7 Å². The molecule has 0 saturated heterocycles. The average molecular weight is 484 g/mol. The molecule has 0 radical (unpaired) electrons. The number of hydrogen-bond acceptors (Lipinski definition) is 8. The maximum absolute atomic E-state index is 12.8. The van der Waals surface area contributed by atoms with Crippen LogP contribution in [0.15, 0.2) is 41.4 Å². The van der Waals surface area contributed by atoms with Gasteiger partial charge in [0, 0.05) is 12.3 Å². The van der Waals surface area contributed by atoms with Gasteiger partial charge in [0.25, 0.3) is 5.91 Å². The zero-order valence-corrected chi connectivity index (χ0v) is 18.9. The number of rotatable bonds is 8. The summed E-state index contributed by atoms with van der Waals surface area (Å²) < 4.78 is 43.8. The minimum absolute atomic E-state index is 0.0910. The number of amides is 1. The molecule has 1 amide bonds. The van der Waals surface area contributed by atoms with Crippen LogP contribution in [0.25, 0.3) is 0 Å². The summed E-state index contributed by atoms with van der Waals surface area (Å²) in [4.78, 5) is 28.3. The summed E-state index contributed by atoms with van der Waals surface area (Å²) in [5.74, 6) is -0.997. The number of aromatic nitrogens is 1. The molecule has 3 rings (SSSR count). The number of anilines is 1. The molecule has 12 heteroatoms. The van der Waals surface area contributed by atoms with Gasteiger partial charge in [0.15, 0.2) is 18.1 Å². The fourth-order valence-corrected chi connectivity index (χ4v) is 4.20. The summed E-state index contributed by atoms with van der Waals surface area (Å²) in [5.41, 5.74) is 0. The quantitative estimate of drug-likeness (QED) is 0.544. The van der Waals surface area contributed by atoms with Crippen LogP contribution >= 0.6 is 11.6 Å². The highest BCUT2D eigenvalue weighted by atomic mass is 35.5. The van der Waals surface area contributed by atoms with Crippen molar-refractivity contribution in [2.75, 3.05) is 25.1 Å². The lowest BCUT2D eigenvalue weighted by molar-refractivity contribution is -0.150. The molecule has 0 bridgehead atoms. The van der Waals surface area contributed by atoms with Crippen LogP contribution in [-0.4, -0.2) is 51.1 Å². The van der Waals surface area contributed by atoms with E-state index < -0.39 is 40.5 Å². The second-order valence-electron chi connectivity index (χ2n) is 7.17. The Hall–Kier alpha value is -2.89. The Labute approximate surface area is 190 Å². The van der Waals surface area contributed by atoms with Gasteiger partial charge in [-0.1, -0.05) is 25.4 Å². The number of pyridine rings is 1. The molecule has 0 saturated carbocycles. The molecule has 0 aliphatic carbocycles. The highest BCUT2D eigenvalue weighted by Gasteiger charge is 2.31. The molecule has 2 heterocycles. The SMILES string of the molecule is CC(C)[C@H](NS(=O)(=O)c1ccc2c(c1)OCCO2)C(=O)OCC(=O)Nc1ccc(Cl)cn1. The molecule has 32 heavy (non-hydrogen) atoms. The van der Waals surface area contributed by atoms with Gasteiger partial charge in [0.05, 0.1) is 9.92 Å². The predicted octanol–water partition coefficient (Wildman–Crippen LogP) is 1.99. The first kappa shape index (κ1) is 23.8. The van der Waals surface area contributed by atoms with E-state index in [0.29, 0.717) is 29.7 Å². The van der Waals surface area contributed by atoms with Crippen molar-refractivity contribution in [3.8, 4) is 11.5 Å². The second kappa shape index (κ2) is 10.2. The molecule has 1 aromatic carbocycles. The van der Waals surface area contributed by atoms with Crippen LogP contribution < -0.4 is 19.5 Å². The number of sulfonamides is 1. The number of ether oxygens (including phenoxy) is 3. The fourth-order valence-electron chi connectivity index (χ4n) is 2.74. The Kier molecular flexibility index (Phi) is 7.54. The van der Waals surface area contributed by atoms with Crippen molar-refractivity contribution < 1.29 is 32.2 Å². The third-order valence-corrected chi connectivity index (χ3v) is 6.03. The number of halogens is 1. The topological polar surface area (TPSA) is 133 Å². The van der Waals surface area contributed by atoms with Gasteiger partial charge in [-0.05, 0) is 30.2 Å². The van der Waals surface area contributed by atoms with Gasteiger partial charge in [0.1, 0.15) is 25.1 Å². The number of nitrogens with zero attached hydrogens (tertiary/aromatic N) is 1. The summed E-state index contributed by atoms with van der Waals surface area (Å²) in [6.07, 6.45) is 1.35. The molecule has 0 spiro atoms. The number of fused-ring (bicyclic) bond motifs is 1. The van der Waals surface area contributed by atoms with E-state index in [1.54, 1.807) is 13.8 Å². The maximum atomic E-state index is 12.8. The number of carbonyl (C=O) groups excluding carboxylic acids is 2. The van der Waals surface area contributed by atoms with E-state index >= 15 is 0 Å². The summed E-state index contributed by atoms with van der Waals surface area (Å²) in [6.45, 7) is 3.36. The van der Waals surface area contributed by atoms with Crippen LogP contribution in [0.3, 0.4) is 0 Å². The van der Waals surface area contributed by atoms with E-state index in [4.69, 9.17) is 25.8 Å². The molecule has 2 N–H and O–H groups in total. The first-order valence-corrected chi connectivity index (χ1v) is 11.5. The van der Waals surface area contributed by atoms with Crippen molar-refractivity contribution in [1.29, 1.82) is 0 Å². The predicted molar refractivity (Wildman–Crippen MR) is 115 cm³/mol. The van der Waals surface area contributed by atoms with Gasteiger partial charge < -0.3 is 19.5 Å². The number of hydrogen-bond donors (Lipinski definition) is 2. The Morgan fingerprint density at radius 2 is 1.88 bits per heavy atom. The first-order chi connectivity index (χ1) is 15.2. The van der Waals surface area contributed by atoms with E-state index in [0.717, 1.165) is 0 Å². The van der Waals surface area contributed by atoms with Gasteiger partial charge in [-0.2, -0.15) is 4.72 Å². The number of benzene rings is 1. The number of nitrogens with one attached hydrogen (secondary N) is 2.